The summed E-state index contributed by atoms with van der Waals surface area (Å²) in [5.74, 6) is 1.69. The number of benzene rings is 3. The van der Waals surface area contributed by atoms with Gasteiger partial charge in [-0.3, -0.25) is 0 Å². The average Bonchev–Trinajstić information content (AvgIpc) is 3.24. The van der Waals surface area contributed by atoms with Gasteiger partial charge in [0.05, 0.1) is 19.2 Å². The number of hydrogen-bond acceptors (Lipinski definition) is 4. The third-order valence-electron chi connectivity index (χ3n) is 5.45. The Bertz CT molecular complexity index is 1290. The Balaban J connectivity index is 1.69. The number of aromatic nitrogens is 3. The molecular weight excluding hydrogens is 386 g/mol. The van der Waals surface area contributed by atoms with Gasteiger partial charge in [0, 0.05) is 29.3 Å². The van der Waals surface area contributed by atoms with Gasteiger partial charge in [-0.2, -0.15) is 0 Å². The van der Waals surface area contributed by atoms with Crippen molar-refractivity contribution in [3.05, 3.63) is 84.6 Å². The van der Waals surface area contributed by atoms with Gasteiger partial charge in [0.15, 0.2) is 0 Å². The second-order valence-corrected chi connectivity index (χ2v) is 7.39. The second-order valence-electron chi connectivity index (χ2n) is 7.39. The molecule has 0 bridgehead atoms. The van der Waals surface area contributed by atoms with Gasteiger partial charge in [-0.05, 0) is 42.8 Å². The highest BCUT2D eigenvalue weighted by Crippen LogP contribution is 2.38. The van der Waals surface area contributed by atoms with Crippen LogP contribution in [0.15, 0.2) is 79.0 Å². The Morgan fingerprint density at radius 3 is 2.32 bits per heavy atom. The summed E-state index contributed by atoms with van der Waals surface area (Å²) in [5, 5.41) is 10.1. The van der Waals surface area contributed by atoms with E-state index in [0.717, 1.165) is 51.5 Å². The molecule has 0 atom stereocenters. The first-order valence-corrected chi connectivity index (χ1v) is 10.4. The SMILES string of the molecule is CCOc1ccc2c(c1)c1nnc(-c3ccccc3)c-1cn2Cc1ccc(OC)cc1. The molecule has 0 spiro atoms. The van der Waals surface area contributed by atoms with Crippen LogP contribution in [-0.4, -0.2) is 28.5 Å². The lowest BCUT2D eigenvalue weighted by Crippen LogP contribution is -2.04. The summed E-state index contributed by atoms with van der Waals surface area (Å²) >= 11 is 0. The minimum atomic E-state index is 0.620. The van der Waals surface area contributed by atoms with E-state index in [-0.39, 0.29) is 0 Å². The fraction of sp³-hybridized carbons (Fsp3) is 0.154. The van der Waals surface area contributed by atoms with E-state index in [9.17, 15) is 0 Å². The van der Waals surface area contributed by atoms with Crippen LogP contribution in [-0.2, 0) is 6.54 Å². The first-order chi connectivity index (χ1) is 15.3. The molecule has 0 fully saturated rings. The predicted molar refractivity (Wildman–Crippen MR) is 123 cm³/mol. The highest BCUT2D eigenvalue weighted by molar-refractivity contribution is 5.98. The second kappa shape index (κ2) is 8.11. The number of rotatable bonds is 6. The van der Waals surface area contributed by atoms with Gasteiger partial charge < -0.3 is 14.0 Å². The molecule has 0 amide bonds. The Morgan fingerprint density at radius 2 is 1.58 bits per heavy atom. The molecule has 0 N–H and O–H groups in total. The average molecular weight is 409 g/mol. The van der Waals surface area contributed by atoms with Crippen LogP contribution in [0.5, 0.6) is 11.5 Å². The zero-order valence-electron chi connectivity index (χ0n) is 17.6. The molecule has 2 aliphatic rings. The van der Waals surface area contributed by atoms with Crippen molar-refractivity contribution >= 4 is 10.9 Å². The summed E-state index contributed by atoms with van der Waals surface area (Å²) in [7, 11) is 1.68. The third kappa shape index (κ3) is 3.59. The monoisotopic (exact) mass is 409 g/mol. The zero-order valence-corrected chi connectivity index (χ0v) is 17.6. The quantitative estimate of drug-likeness (QED) is 0.363. The van der Waals surface area contributed by atoms with Crippen molar-refractivity contribution in [2.24, 2.45) is 0 Å². The van der Waals surface area contributed by atoms with Gasteiger partial charge in [-0.15, -0.1) is 10.2 Å². The van der Waals surface area contributed by atoms with Crippen LogP contribution in [0, 0.1) is 0 Å². The van der Waals surface area contributed by atoms with Crippen molar-refractivity contribution in [2.75, 3.05) is 13.7 Å². The van der Waals surface area contributed by atoms with Crippen molar-refractivity contribution in [3.8, 4) is 34.0 Å². The molecular formula is C26H23N3O2. The molecule has 0 radical (unpaired) electrons. The fourth-order valence-electron chi connectivity index (χ4n) is 3.95. The van der Waals surface area contributed by atoms with Crippen molar-refractivity contribution in [1.82, 2.24) is 14.8 Å². The maximum Gasteiger partial charge on any atom is 0.120 e. The van der Waals surface area contributed by atoms with E-state index in [2.05, 4.69) is 57.4 Å². The molecule has 0 unspecified atom stereocenters. The number of ether oxygens (including phenoxy) is 2. The molecule has 0 aliphatic carbocycles. The van der Waals surface area contributed by atoms with Crippen LogP contribution >= 0.6 is 0 Å². The van der Waals surface area contributed by atoms with Crippen LogP contribution in [0.1, 0.15) is 12.5 Å². The molecule has 5 nitrogen and oxygen atoms in total. The van der Waals surface area contributed by atoms with E-state index < -0.39 is 0 Å². The van der Waals surface area contributed by atoms with E-state index in [1.165, 1.54) is 5.56 Å². The number of fused-ring (bicyclic) bond motifs is 3. The number of nitrogens with zero attached hydrogens (tertiary/aromatic N) is 3. The molecule has 3 aromatic rings. The Hall–Kier alpha value is -3.86. The lowest BCUT2D eigenvalue weighted by atomic mass is 10.0. The van der Waals surface area contributed by atoms with Gasteiger partial charge in [-0.25, -0.2) is 0 Å². The first kappa shape index (κ1) is 19.1. The van der Waals surface area contributed by atoms with E-state index in [1.54, 1.807) is 7.11 Å². The van der Waals surface area contributed by atoms with Crippen molar-refractivity contribution in [3.63, 3.8) is 0 Å². The lowest BCUT2D eigenvalue weighted by Gasteiger charge is -2.16. The molecule has 0 saturated carbocycles. The molecule has 3 aromatic carbocycles. The summed E-state index contributed by atoms with van der Waals surface area (Å²) < 4.78 is 13.3. The van der Waals surface area contributed by atoms with E-state index in [0.29, 0.717) is 6.61 Å². The molecule has 154 valence electrons. The minimum absolute atomic E-state index is 0.620. The van der Waals surface area contributed by atoms with Crippen molar-refractivity contribution in [1.29, 1.82) is 0 Å². The Morgan fingerprint density at radius 1 is 0.839 bits per heavy atom. The zero-order chi connectivity index (χ0) is 21.2. The lowest BCUT2D eigenvalue weighted by molar-refractivity contribution is 0.340. The molecule has 2 heterocycles. The van der Waals surface area contributed by atoms with Crippen LogP contribution in [0.25, 0.3) is 33.4 Å². The number of hydrogen-bond donors (Lipinski definition) is 0. The molecule has 5 heteroatoms. The summed E-state index contributed by atoms with van der Waals surface area (Å²) in [4.78, 5) is 0. The molecule has 31 heavy (non-hydrogen) atoms. The molecule has 5 rings (SSSR count). The van der Waals surface area contributed by atoms with E-state index >= 15 is 0 Å². The Kier molecular flexibility index (Phi) is 5.00. The summed E-state index contributed by atoms with van der Waals surface area (Å²) in [5.41, 5.74) is 6.15. The highest BCUT2D eigenvalue weighted by Gasteiger charge is 2.20. The maximum atomic E-state index is 5.77. The normalized spacial score (nSPS) is 11.2. The summed E-state index contributed by atoms with van der Waals surface area (Å²) in [6.07, 6.45) is 2.16. The smallest absolute Gasteiger partial charge is 0.120 e. The summed E-state index contributed by atoms with van der Waals surface area (Å²) in [6.45, 7) is 3.34. The van der Waals surface area contributed by atoms with E-state index in [1.807, 2.05) is 43.3 Å². The Labute approximate surface area is 181 Å². The van der Waals surface area contributed by atoms with Crippen LogP contribution < -0.4 is 9.47 Å². The van der Waals surface area contributed by atoms with Gasteiger partial charge in [0.25, 0.3) is 0 Å². The van der Waals surface area contributed by atoms with Crippen LogP contribution in [0.4, 0.5) is 0 Å². The van der Waals surface area contributed by atoms with E-state index in [4.69, 9.17) is 9.47 Å². The summed E-state index contributed by atoms with van der Waals surface area (Å²) in [6, 6.07) is 24.5. The maximum absolute atomic E-state index is 5.77. The van der Waals surface area contributed by atoms with Crippen LogP contribution in [0.2, 0.25) is 0 Å². The molecule has 0 saturated heterocycles. The molecule has 2 aliphatic heterocycles. The predicted octanol–water partition coefficient (Wildman–Crippen LogP) is 5.66. The van der Waals surface area contributed by atoms with Gasteiger partial charge in [-0.1, -0.05) is 42.5 Å². The number of methoxy groups -OCH3 is 1. The highest BCUT2D eigenvalue weighted by atomic mass is 16.5. The minimum Gasteiger partial charge on any atom is -0.497 e. The fourth-order valence-corrected chi connectivity index (χ4v) is 3.95. The van der Waals surface area contributed by atoms with Gasteiger partial charge >= 0.3 is 0 Å². The van der Waals surface area contributed by atoms with Crippen LogP contribution in [0.3, 0.4) is 0 Å². The largest absolute Gasteiger partial charge is 0.497 e. The standard InChI is InChI=1S/C26H23N3O2/c1-3-31-21-13-14-24-22(15-21)26-23(25(27-28-26)19-7-5-4-6-8-19)17-29(24)16-18-9-11-20(30-2)12-10-18/h4-15,17H,3,16H2,1-2H3. The number of pyridine rings is 1. The third-order valence-corrected chi connectivity index (χ3v) is 5.45. The first-order valence-electron chi connectivity index (χ1n) is 10.4. The molecule has 0 aromatic heterocycles. The topological polar surface area (TPSA) is 49.2 Å². The van der Waals surface area contributed by atoms with Gasteiger partial charge in [0.2, 0.25) is 0 Å². The van der Waals surface area contributed by atoms with Crippen molar-refractivity contribution < 1.29 is 9.47 Å². The van der Waals surface area contributed by atoms with Crippen molar-refractivity contribution in [2.45, 2.75) is 13.5 Å². The van der Waals surface area contributed by atoms with Gasteiger partial charge in [0.1, 0.15) is 22.9 Å².